The molecule has 0 aromatic heterocycles. The van der Waals surface area contributed by atoms with Gasteiger partial charge in [-0.2, -0.15) is 0 Å². The molecule has 0 radical (unpaired) electrons. The van der Waals surface area contributed by atoms with Crippen LogP contribution >= 0.6 is 0 Å². The van der Waals surface area contributed by atoms with Crippen molar-refractivity contribution in [1.82, 2.24) is 0 Å². The first kappa shape index (κ1) is 69.6. The van der Waals surface area contributed by atoms with Crippen LogP contribution < -0.4 is 0 Å². The lowest BCUT2D eigenvalue weighted by Gasteiger charge is -2.18. The van der Waals surface area contributed by atoms with E-state index >= 15 is 0 Å². The Balaban J connectivity index is 4.05. The van der Waals surface area contributed by atoms with Crippen LogP contribution in [0.4, 0.5) is 0 Å². The van der Waals surface area contributed by atoms with E-state index in [4.69, 9.17) is 14.2 Å². The summed E-state index contributed by atoms with van der Waals surface area (Å²) in [6, 6.07) is 0. The van der Waals surface area contributed by atoms with Crippen molar-refractivity contribution in [2.24, 2.45) is 0 Å². The summed E-state index contributed by atoms with van der Waals surface area (Å²) in [5.74, 6) is -0.876. The molecule has 0 aromatic carbocycles. The Kier molecular flexibility index (Phi) is 59.2. The van der Waals surface area contributed by atoms with E-state index in [-0.39, 0.29) is 31.1 Å². The van der Waals surface area contributed by atoms with Crippen molar-refractivity contribution in [2.45, 2.75) is 354 Å². The van der Waals surface area contributed by atoms with Crippen molar-refractivity contribution in [2.75, 3.05) is 13.2 Å². The second-order valence-electron chi connectivity index (χ2n) is 21.7. The molecular formula is C66H122O6. The van der Waals surface area contributed by atoms with E-state index in [2.05, 4.69) is 57.2 Å². The number of hydrogen-bond donors (Lipinski definition) is 0. The van der Waals surface area contributed by atoms with Gasteiger partial charge in [-0.15, -0.1) is 0 Å². The van der Waals surface area contributed by atoms with Gasteiger partial charge in [0.25, 0.3) is 0 Å². The highest BCUT2D eigenvalue weighted by Gasteiger charge is 2.19. The standard InChI is InChI=1S/C66H122O6/c1-4-7-10-13-16-19-21-23-25-26-27-28-29-30-31-32-33-34-35-36-37-38-39-41-42-44-47-50-53-56-59-65(68)71-62-63(61-70-64(67)58-55-52-49-46-18-15-12-9-6-3)72-66(69)60-57-54-51-48-45-43-40-24-22-20-17-14-11-8-5-2/h8,11,17,20,24,40,63H,4-7,9-10,12-16,18-19,21-23,25-39,41-62H2,1-3H3/b11-8-,20-17-,40-24-. The van der Waals surface area contributed by atoms with E-state index in [1.54, 1.807) is 0 Å². The van der Waals surface area contributed by atoms with Crippen LogP contribution in [0.5, 0.6) is 0 Å². The van der Waals surface area contributed by atoms with Gasteiger partial charge in [0.1, 0.15) is 13.2 Å². The van der Waals surface area contributed by atoms with Crippen molar-refractivity contribution in [1.29, 1.82) is 0 Å². The second kappa shape index (κ2) is 61.2. The van der Waals surface area contributed by atoms with Crippen molar-refractivity contribution >= 4 is 17.9 Å². The van der Waals surface area contributed by atoms with Crippen molar-refractivity contribution in [3.05, 3.63) is 36.5 Å². The summed E-state index contributed by atoms with van der Waals surface area (Å²) in [7, 11) is 0. The van der Waals surface area contributed by atoms with Gasteiger partial charge in [0.2, 0.25) is 0 Å². The molecule has 0 aliphatic rings. The lowest BCUT2D eigenvalue weighted by molar-refractivity contribution is -0.167. The minimum Gasteiger partial charge on any atom is -0.462 e. The number of unbranched alkanes of at least 4 members (excludes halogenated alkanes) is 42. The van der Waals surface area contributed by atoms with Gasteiger partial charge < -0.3 is 14.2 Å². The second-order valence-corrected chi connectivity index (χ2v) is 21.7. The summed E-state index contributed by atoms with van der Waals surface area (Å²) in [6.07, 6.45) is 74.7. The van der Waals surface area contributed by atoms with Gasteiger partial charge in [-0.1, -0.05) is 314 Å². The average Bonchev–Trinajstić information content (AvgIpc) is 3.38. The van der Waals surface area contributed by atoms with Crippen molar-refractivity contribution in [3.8, 4) is 0 Å². The SMILES string of the molecule is CC/C=C\C/C=C\C/C=C\CCCCCCCC(=O)OC(COC(=O)CCCCCCCCCCC)COC(=O)CCCCCCCCCCCCCCCCCCCCCCCCCCCCCCCC. The summed E-state index contributed by atoms with van der Waals surface area (Å²) in [6.45, 7) is 6.54. The van der Waals surface area contributed by atoms with Crippen molar-refractivity contribution in [3.63, 3.8) is 0 Å². The first-order valence-corrected chi connectivity index (χ1v) is 32.0. The zero-order valence-corrected chi connectivity index (χ0v) is 48.5. The van der Waals surface area contributed by atoms with Crippen LogP contribution in [0.25, 0.3) is 0 Å². The highest BCUT2D eigenvalue weighted by molar-refractivity contribution is 5.71. The maximum Gasteiger partial charge on any atom is 0.306 e. The van der Waals surface area contributed by atoms with Gasteiger partial charge in [-0.05, 0) is 51.4 Å². The molecule has 1 atom stereocenters. The third-order valence-electron chi connectivity index (χ3n) is 14.4. The molecule has 0 rings (SSSR count). The molecule has 0 aliphatic heterocycles. The third-order valence-corrected chi connectivity index (χ3v) is 14.4. The molecule has 1 unspecified atom stereocenters. The fraction of sp³-hybridized carbons (Fsp3) is 0.864. The Morgan fingerprint density at radius 3 is 0.847 bits per heavy atom. The molecule has 422 valence electrons. The number of hydrogen-bond acceptors (Lipinski definition) is 6. The first-order chi connectivity index (χ1) is 35.5. The topological polar surface area (TPSA) is 78.9 Å². The van der Waals surface area contributed by atoms with E-state index in [1.165, 1.54) is 212 Å². The molecule has 0 heterocycles. The van der Waals surface area contributed by atoms with Crippen LogP contribution in [0.3, 0.4) is 0 Å². The van der Waals surface area contributed by atoms with E-state index in [0.717, 1.165) is 96.3 Å². The lowest BCUT2D eigenvalue weighted by Crippen LogP contribution is -2.30. The average molecular weight is 1010 g/mol. The maximum atomic E-state index is 12.8. The summed E-state index contributed by atoms with van der Waals surface area (Å²) in [5, 5.41) is 0. The zero-order valence-electron chi connectivity index (χ0n) is 48.5. The van der Waals surface area contributed by atoms with Gasteiger partial charge in [-0.3, -0.25) is 14.4 Å². The fourth-order valence-corrected chi connectivity index (χ4v) is 9.64. The van der Waals surface area contributed by atoms with E-state index in [9.17, 15) is 14.4 Å². The molecule has 0 spiro atoms. The summed E-state index contributed by atoms with van der Waals surface area (Å²) < 4.78 is 16.8. The molecule has 0 bridgehead atoms. The first-order valence-electron chi connectivity index (χ1n) is 32.0. The third kappa shape index (κ3) is 58.5. The lowest BCUT2D eigenvalue weighted by atomic mass is 10.0. The maximum absolute atomic E-state index is 12.8. The number of esters is 3. The largest absolute Gasteiger partial charge is 0.462 e. The number of rotatable bonds is 59. The molecule has 6 heteroatoms. The fourth-order valence-electron chi connectivity index (χ4n) is 9.64. The Hall–Kier alpha value is -2.37. The molecule has 0 aromatic rings. The van der Waals surface area contributed by atoms with Crippen LogP contribution in [0.15, 0.2) is 36.5 Å². The minimum absolute atomic E-state index is 0.0747. The zero-order chi connectivity index (χ0) is 52.2. The van der Waals surface area contributed by atoms with Crippen LogP contribution in [-0.2, 0) is 28.6 Å². The van der Waals surface area contributed by atoms with Gasteiger partial charge in [0, 0.05) is 19.3 Å². The number of allylic oxidation sites excluding steroid dienone is 6. The van der Waals surface area contributed by atoms with Gasteiger partial charge in [0.15, 0.2) is 6.10 Å². The smallest absolute Gasteiger partial charge is 0.306 e. The molecule has 0 fully saturated rings. The number of ether oxygens (including phenoxy) is 3. The Labute approximate surface area is 448 Å². The van der Waals surface area contributed by atoms with Crippen LogP contribution in [0.2, 0.25) is 0 Å². The van der Waals surface area contributed by atoms with Gasteiger partial charge >= 0.3 is 17.9 Å². The summed E-state index contributed by atoms with van der Waals surface area (Å²) >= 11 is 0. The van der Waals surface area contributed by atoms with Gasteiger partial charge in [-0.25, -0.2) is 0 Å². The van der Waals surface area contributed by atoms with E-state index in [0.29, 0.717) is 19.3 Å². The molecule has 0 saturated heterocycles. The monoisotopic (exact) mass is 1010 g/mol. The van der Waals surface area contributed by atoms with E-state index < -0.39 is 6.10 Å². The number of carbonyl (C=O) groups is 3. The predicted molar refractivity (Wildman–Crippen MR) is 312 cm³/mol. The van der Waals surface area contributed by atoms with Gasteiger partial charge in [0.05, 0.1) is 0 Å². The molecular weight excluding hydrogens is 889 g/mol. The molecule has 0 saturated carbocycles. The van der Waals surface area contributed by atoms with E-state index in [1.807, 2.05) is 0 Å². The van der Waals surface area contributed by atoms with Crippen LogP contribution in [0.1, 0.15) is 348 Å². The molecule has 6 nitrogen and oxygen atoms in total. The van der Waals surface area contributed by atoms with Crippen molar-refractivity contribution < 1.29 is 28.6 Å². The highest BCUT2D eigenvalue weighted by Crippen LogP contribution is 2.18. The summed E-state index contributed by atoms with van der Waals surface area (Å²) in [5.41, 5.74) is 0. The Morgan fingerprint density at radius 1 is 0.292 bits per heavy atom. The Bertz CT molecular complexity index is 1210. The molecule has 0 N–H and O–H groups in total. The Morgan fingerprint density at radius 2 is 0.542 bits per heavy atom. The van der Waals surface area contributed by atoms with Crippen LogP contribution in [-0.4, -0.2) is 37.2 Å². The highest BCUT2D eigenvalue weighted by atomic mass is 16.6. The van der Waals surface area contributed by atoms with Crippen LogP contribution in [0, 0.1) is 0 Å². The quantitative estimate of drug-likeness (QED) is 0.0261. The minimum atomic E-state index is -0.776. The molecule has 0 aliphatic carbocycles. The predicted octanol–water partition coefficient (Wildman–Crippen LogP) is 21.6. The number of carbonyl (C=O) groups excluding carboxylic acids is 3. The molecule has 72 heavy (non-hydrogen) atoms. The summed E-state index contributed by atoms with van der Waals surface area (Å²) in [4.78, 5) is 38.1. The normalized spacial score (nSPS) is 12.2. The molecule has 0 amide bonds.